The number of carboxylic acids is 1. The number of aliphatic carboxylic acids is 1. The van der Waals surface area contributed by atoms with Crippen molar-refractivity contribution in [3.63, 3.8) is 0 Å². The summed E-state index contributed by atoms with van der Waals surface area (Å²) in [6, 6.07) is -3.55. The van der Waals surface area contributed by atoms with Crippen molar-refractivity contribution >= 4 is 23.7 Å². The van der Waals surface area contributed by atoms with Crippen molar-refractivity contribution < 1.29 is 29.4 Å². The minimum atomic E-state index is -1.24. The number of primary amides is 1. The number of carbonyl (C=O) groups excluding carboxylic acids is 3. The van der Waals surface area contributed by atoms with Crippen LogP contribution in [-0.4, -0.2) is 58.6 Å². The molecule has 0 rings (SSSR count). The monoisotopic (exact) mass is 346 g/mol. The summed E-state index contributed by atoms with van der Waals surface area (Å²) in [7, 11) is 0. The molecule has 3 unspecified atom stereocenters. The number of nitrogens with two attached hydrogens (primary N) is 2. The van der Waals surface area contributed by atoms with E-state index in [1.54, 1.807) is 13.8 Å². The highest BCUT2D eigenvalue weighted by atomic mass is 16.4. The summed E-state index contributed by atoms with van der Waals surface area (Å²) in [5.74, 6) is -3.41. The lowest BCUT2D eigenvalue weighted by Crippen LogP contribution is -2.55. The first-order valence-corrected chi connectivity index (χ1v) is 7.56. The molecule has 0 aromatic heterocycles. The second-order valence-electron chi connectivity index (χ2n) is 5.88. The third kappa shape index (κ3) is 8.44. The van der Waals surface area contributed by atoms with Gasteiger partial charge in [0, 0.05) is 6.42 Å². The maximum Gasteiger partial charge on any atom is 0.326 e. The first-order chi connectivity index (χ1) is 11.1. The molecule has 0 saturated heterocycles. The van der Waals surface area contributed by atoms with E-state index in [-0.39, 0.29) is 25.2 Å². The van der Waals surface area contributed by atoms with Crippen molar-refractivity contribution in [2.75, 3.05) is 6.61 Å². The van der Waals surface area contributed by atoms with E-state index in [2.05, 4.69) is 10.6 Å². The van der Waals surface area contributed by atoms with E-state index in [0.29, 0.717) is 0 Å². The lowest BCUT2D eigenvalue weighted by molar-refractivity contribution is -0.142. The predicted molar refractivity (Wildman–Crippen MR) is 84.4 cm³/mol. The van der Waals surface area contributed by atoms with Crippen molar-refractivity contribution in [1.82, 2.24) is 10.6 Å². The SMILES string of the molecule is CC(C)CC(NC(=O)C(CCC(N)=O)NC(=O)C(N)CO)C(=O)O. The molecule has 0 fully saturated rings. The van der Waals surface area contributed by atoms with Gasteiger partial charge in [-0.3, -0.25) is 14.4 Å². The zero-order valence-electron chi connectivity index (χ0n) is 13.8. The maximum atomic E-state index is 12.3. The Morgan fingerprint density at radius 1 is 1.04 bits per heavy atom. The van der Waals surface area contributed by atoms with Gasteiger partial charge in [0.2, 0.25) is 17.7 Å². The summed E-state index contributed by atoms with van der Waals surface area (Å²) in [4.78, 5) is 46.1. The van der Waals surface area contributed by atoms with E-state index in [0.717, 1.165) is 0 Å². The van der Waals surface area contributed by atoms with Gasteiger partial charge < -0.3 is 32.3 Å². The fourth-order valence-electron chi connectivity index (χ4n) is 1.88. The Labute approximate surface area is 139 Å². The molecule has 0 aromatic rings. The Balaban J connectivity index is 5.02. The minimum Gasteiger partial charge on any atom is -0.480 e. The van der Waals surface area contributed by atoms with Gasteiger partial charge in [0.15, 0.2) is 0 Å². The molecule has 138 valence electrons. The van der Waals surface area contributed by atoms with Gasteiger partial charge in [-0.15, -0.1) is 0 Å². The molecule has 3 amide bonds. The van der Waals surface area contributed by atoms with Crippen molar-refractivity contribution in [3.05, 3.63) is 0 Å². The summed E-state index contributed by atoms with van der Waals surface area (Å²) in [5.41, 5.74) is 10.4. The van der Waals surface area contributed by atoms with Gasteiger partial charge in [-0.1, -0.05) is 13.8 Å². The highest BCUT2D eigenvalue weighted by molar-refractivity contribution is 5.92. The maximum absolute atomic E-state index is 12.3. The highest BCUT2D eigenvalue weighted by Crippen LogP contribution is 2.06. The molecule has 0 radical (unpaired) electrons. The third-order valence-electron chi connectivity index (χ3n) is 3.17. The first kappa shape index (κ1) is 21.8. The number of aliphatic hydroxyl groups is 1. The summed E-state index contributed by atoms with van der Waals surface area (Å²) in [6.07, 6.45) is -0.0958. The smallest absolute Gasteiger partial charge is 0.326 e. The number of nitrogens with one attached hydrogen (secondary N) is 2. The number of carboxylic acid groups (broad SMARTS) is 1. The quantitative estimate of drug-likeness (QED) is 0.242. The normalized spacial score (nSPS) is 14.5. The molecule has 0 bridgehead atoms. The summed E-state index contributed by atoms with van der Waals surface area (Å²) in [6.45, 7) is 2.98. The van der Waals surface area contributed by atoms with E-state index < -0.39 is 48.4 Å². The molecule has 10 heteroatoms. The number of hydrogen-bond donors (Lipinski definition) is 6. The molecule has 0 aliphatic rings. The van der Waals surface area contributed by atoms with Crippen molar-refractivity contribution in [2.45, 2.75) is 51.2 Å². The van der Waals surface area contributed by atoms with Gasteiger partial charge >= 0.3 is 5.97 Å². The Morgan fingerprint density at radius 3 is 2.00 bits per heavy atom. The molecule has 0 heterocycles. The Bertz CT molecular complexity index is 468. The van der Waals surface area contributed by atoms with Crippen LogP contribution >= 0.6 is 0 Å². The highest BCUT2D eigenvalue weighted by Gasteiger charge is 2.28. The predicted octanol–water partition coefficient (Wildman–Crippen LogP) is -2.33. The molecule has 0 aromatic carbocycles. The second-order valence-corrected chi connectivity index (χ2v) is 5.88. The molecule has 10 nitrogen and oxygen atoms in total. The van der Waals surface area contributed by atoms with Crippen LogP contribution in [0.2, 0.25) is 0 Å². The van der Waals surface area contributed by atoms with E-state index >= 15 is 0 Å². The lowest BCUT2D eigenvalue weighted by atomic mass is 10.0. The zero-order chi connectivity index (χ0) is 18.9. The van der Waals surface area contributed by atoms with Gasteiger partial charge in [-0.05, 0) is 18.8 Å². The molecule has 0 spiro atoms. The van der Waals surface area contributed by atoms with E-state index in [1.165, 1.54) is 0 Å². The van der Waals surface area contributed by atoms with Gasteiger partial charge in [0.25, 0.3) is 0 Å². The summed E-state index contributed by atoms with van der Waals surface area (Å²) in [5, 5.41) is 22.6. The van der Waals surface area contributed by atoms with E-state index in [1.807, 2.05) is 0 Å². The molecule has 3 atom stereocenters. The number of aliphatic hydroxyl groups excluding tert-OH is 1. The zero-order valence-corrected chi connectivity index (χ0v) is 13.8. The average Bonchev–Trinajstić information content (AvgIpc) is 2.48. The molecule has 0 saturated carbocycles. The molecule has 8 N–H and O–H groups in total. The Hall–Kier alpha value is -2.20. The van der Waals surface area contributed by atoms with E-state index in [4.69, 9.17) is 21.7 Å². The lowest BCUT2D eigenvalue weighted by Gasteiger charge is -2.23. The van der Waals surface area contributed by atoms with Crippen LogP contribution in [0.4, 0.5) is 0 Å². The summed E-state index contributed by atoms with van der Waals surface area (Å²) >= 11 is 0. The standard InChI is InChI=1S/C14H26N4O6/c1-7(2)5-10(14(23)24)18-13(22)9(3-4-11(16)20)17-12(21)8(15)6-19/h7-10,19H,3-6,15H2,1-2H3,(H2,16,20)(H,17,21)(H,18,22)(H,23,24). The van der Waals surface area contributed by atoms with E-state index in [9.17, 15) is 19.2 Å². The van der Waals surface area contributed by atoms with Crippen LogP contribution in [0.3, 0.4) is 0 Å². The molecule has 24 heavy (non-hydrogen) atoms. The van der Waals surface area contributed by atoms with Crippen molar-refractivity contribution in [1.29, 1.82) is 0 Å². The molecule has 0 aliphatic heterocycles. The Morgan fingerprint density at radius 2 is 1.58 bits per heavy atom. The van der Waals surface area contributed by atoms with Crippen LogP contribution in [0.5, 0.6) is 0 Å². The van der Waals surface area contributed by atoms with Crippen LogP contribution in [0.1, 0.15) is 33.1 Å². The van der Waals surface area contributed by atoms with Gasteiger partial charge in [0.05, 0.1) is 6.61 Å². The topological polar surface area (TPSA) is 185 Å². The van der Waals surface area contributed by atoms with Gasteiger partial charge in [-0.2, -0.15) is 0 Å². The Kier molecular flexibility index (Phi) is 9.58. The van der Waals surface area contributed by atoms with Gasteiger partial charge in [0.1, 0.15) is 18.1 Å². The average molecular weight is 346 g/mol. The number of rotatable bonds is 11. The second kappa shape index (κ2) is 10.6. The number of hydrogen-bond acceptors (Lipinski definition) is 6. The summed E-state index contributed by atoms with van der Waals surface area (Å²) < 4.78 is 0. The molecular weight excluding hydrogens is 320 g/mol. The largest absolute Gasteiger partial charge is 0.480 e. The number of amides is 3. The number of carbonyl (C=O) groups is 4. The van der Waals surface area contributed by atoms with Crippen LogP contribution in [0, 0.1) is 5.92 Å². The fraction of sp³-hybridized carbons (Fsp3) is 0.714. The molecular formula is C14H26N4O6. The first-order valence-electron chi connectivity index (χ1n) is 7.56. The van der Waals surface area contributed by atoms with Crippen LogP contribution in [0.25, 0.3) is 0 Å². The molecule has 0 aliphatic carbocycles. The van der Waals surface area contributed by atoms with Crippen molar-refractivity contribution in [2.24, 2.45) is 17.4 Å². The fourth-order valence-corrected chi connectivity index (χ4v) is 1.88. The van der Waals surface area contributed by atoms with Crippen molar-refractivity contribution in [3.8, 4) is 0 Å². The van der Waals surface area contributed by atoms with Gasteiger partial charge in [-0.25, -0.2) is 4.79 Å². The van der Waals surface area contributed by atoms with Crippen LogP contribution < -0.4 is 22.1 Å². The van der Waals surface area contributed by atoms with Crippen LogP contribution in [0.15, 0.2) is 0 Å². The third-order valence-corrected chi connectivity index (χ3v) is 3.17. The van der Waals surface area contributed by atoms with Crippen LogP contribution in [-0.2, 0) is 19.2 Å². The minimum absolute atomic E-state index is 0.0212.